The molecule has 0 radical (unpaired) electrons. The van der Waals surface area contributed by atoms with Crippen molar-refractivity contribution in [1.29, 1.82) is 0 Å². The number of hydrogen-bond acceptors (Lipinski definition) is 8. The third-order valence-corrected chi connectivity index (χ3v) is 7.75. The topological polar surface area (TPSA) is 95.5 Å². The molecule has 6 rings (SSSR count). The van der Waals surface area contributed by atoms with Gasteiger partial charge < -0.3 is 15.0 Å². The summed E-state index contributed by atoms with van der Waals surface area (Å²) in [5.74, 6) is 0.182. The maximum Gasteiger partial charge on any atom is 0.284 e. The number of aromatic nitrogens is 3. The van der Waals surface area contributed by atoms with Gasteiger partial charge in [0, 0.05) is 59.2 Å². The Balaban J connectivity index is 1.30. The number of pyridine rings is 1. The van der Waals surface area contributed by atoms with Gasteiger partial charge in [-0.2, -0.15) is 4.98 Å². The van der Waals surface area contributed by atoms with Crippen LogP contribution in [0.4, 0.5) is 17.3 Å². The van der Waals surface area contributed by atoms with Crippen LogP contribution in [0.25, 0.3) is 22.2 Å². The number of carbonyl (C=O) groups excluding carboxylic acids is 1. The van der Waals surface area contributed by atoms with Crippen LogP contribution in [-0.4, -0.2) is 65.3 Å². The van der Waals surface area contributed by atoms with Gasteiger partial charge in [0.1, 0.15) is 5.69 Å². The Kier molecular flexibility index (Phi) is 7.67. The quantitative estimate of drug-likeness (QED) is 0.319. The second-order valence-corrected chi connectivity index (χ2v) is 10.6. The number of hydrogen-bond donors (Lipinski definition) is 2. The number of nitrogens with zero attached hydrogens (tertiary/aromatic N) is 5. The largest absolute Gasteiger partial charge is 0.378 e. The zero-order chi connectivity index (χ0) is 26.6. The number of benzene rings is 2. The van der Waals surface area contributed by atoms with Crippen molar-refractivity contribution in [2.45, 2.75) is 19.3 Å². The molecule has 200 valence electrons. The number of anilines is 3. The predicted octanol–water partition coefficient (Wildman–Crippen LogP) is 5.17. The van der Waals surface area contributed by atoms with Crippen LogP contribution in [0, 0.1) is 0 Å². The SMILES string of the molecule is O=C(NN1CCCCC1)c1nc2nc(Nc3ccc(N4CCOCC4)cc3)ncc2cc1-c1ccccc1Br. The minimum absolute atomic E-state index is 0.239. The minimum atomic E-state index is -0.239. The summed E-state index contributed by atoms with van der Waals surface area (Å²) in [6, 6.07) is 18.0. The van der Waals surface area contributed by atoms with Crippen molar-refractivity contribution in [1.82, 2.24) is 25.4 Å². The summed E-state index contributed by atoms with van der Waals surface area (Å²) in [5.41, 5.74) is 7.50. The fourth-order valence-corrected chi connectivity index (χ4v) is 5.49. The van der Waals surface area contributed by atoms with Crippen molar-refractivity contribution in [3.8, 4) is 11.1 Å². The fourth-order valence-electron chi connectivity index (χ4n) is 4.99. The monoisotopic (exact) mass is 587 g/mol. The zero-order valence-electron chi connectivity index (χ0n) is 21.6. The number of morpholine rings is 1. The Bertz CT molecular complexity index is 1470. The first-order chi connectivity index (χ1) is 19.1. The second-order valence-electron chi connectivity index (χ2n) is 9.73. The Morgan fingerprint density at radius 3 is 2.44 bits per heavy atom. The zero-order valence-corrected chi connectivity index (χ0v) is 23.2. The normalized spacial score (nSPS) is 16.3. The van der Waals surface area contributed by atoms with E-state index in [0.29, 0.717) is 17.3 Å². The molecule has 2 saturated heterocycles. The van der Waals surface area contributed by atoms with Gasteiger partial charge in [-0.15, -0.1) is 0 Å². The summed E-state index contributed by atoms with van der Waals surface area (Å²) >= 11 is 3.64. The average molecular weight is 589 g/mol. The van der Waals surface area contributed by atoms with Crippen LogP contribution in [0.5, 0.6) is 0 Å². The second kappa shape index (κ2) is 11.6. The molecule has 0 saturated carbocycles. The lowest BCUT2D eigenvalue weighted by Gasteiger charge is -2.28. The summed E-state index contributed by atoms with van der Waals surface area (Å²) in [6.07, 6.45) is 5.06. The third-order valence-electron chi connectivity index (χ3n) is 7.06. The number of carbonyl (C=O) groups is 1. The lowest BCUT2D eigenvalue weighted by atomic mass is 10.0. The van der Waals surface area contributed by atoms with E-state index in [1.807, 2.05) is 47.5 Å². The van der Waals surface area contributed by atoms with E-state index in [-0.39, 0.29) is 5.91 Å². The van der Waals surface area contributed by atoms with Gasteiger partial charge in [0.25, 0.3) is 5.91 Å². The van der Waals surface area contributed by atoms with E-state index in [9.17, 15) is 4.79 Å². The molecule has 2 N–H and O–H groups in total. The van der Waals surface area contributed by atoms with Crippen LogP contribution < -0.4 is 15.6 Å². The van der Waals surface area contributed by atoms with Gasteiger partial charge in [0.15, 0.2) is 5.65 Å². The molecule has 2 aliphatic rings. The maximum atomic E-state index is 13.5. The van der Waals surface area contributed by atoms with Crippen molar-refractivity contribution in [3.05, 3.63) is 71.0 Å². The third kappa shape index (κ3) is 5.88. The maximum absolute atomic E-state index is 13.5. The van der Waals surface area contributed by atoms with Crippen molar-refractivity contribution in [2.24, 2.45) is 0 Å². The molecule has 2 fully saturated rings. The summed E-state index contributed by atoms with van der Waals surface area (Å²) in [7, 11) is 0. The van der Waals surface area contributed by atoms with E-state index in [0.717, 1.165) is 84.6 Å². The van der Waals surface area contributed by atoms with E-state index in [4.69, 9.17) is 9.72 Å². The summed E-state index contributed by atoms with van der Waals surface area (Å²) in [6.45, 7) is 4.95. The first-order valence-corrected chi connectivity index (χ1v) is 14.1. The molecule has 4 aromatic rings. The van der Waals surface area contributed by atoms with Gasteiger partial charge in [-0.25, -0.2) is 15.0 Å². The number of halogens is 1. The number of amides is 1. The Hall–Kier alpha value is -3.60. The number of nitrogens with one attached hydrogen (secondary N) is 2. The minimum Gasteiger partial charge on any atom is -0.378 e. The fraction of sp³-hybridized carbons (Fsp3) is 0.310. The molecule has 39 heavy (non-hydrogen) atoms. The van der Waals surface area contributed by atoms with E-state index in [2.05, 4.69) is 53.7 Å². The van der Waals surface area contributed by atoms with Crippen molar-refractivity contribution in [3.63, 3.8) is 0 Å². The molecular weight excluding hydrogens is 558 g/mol. The number of rotatable bonds is 6. The van der Waals surface area contributed by atoms with E-state index in [1.165, 1.54) is 6.42 Å². The highest BCUT2D eigenvalue weighted by Crippen LogP contribution is 2.32. The van der Waals surface area contributed by atoms with Crippen LogP contribution in [0.1, 0.15) is 29.8 Å². The van der Waals surface area contributed by atoms with Gasteiger partial charge in [-0.05, 0) is 54.8 Å². The lowest BCUT2D eigenvalue weighted by molar-refractivity contribution is 0.0746. The molecule has 9 nitrogen and oxygen atoms in total. The predicted molar refractivity (Wildman–Crippen MR) is 156 cm³/mol. The summed E-state index contributed by atoms with van der Waals surface area (Å²) < 4.78 is 6.34. The molecule has 2 aromatic heterocycles. The molecule has 0 spiro atoms. The van der Waals surface area contributed by atoms with Gasteiger partial charge in [0.2, 0.25) is 5.95 Å². The van der Waals surface area contributed by atoms with Crippen LogP contribution in [0.15, 0.2) is 65.3 Å². The van der Waals surface area contributed by atoms with Gasteiger partial charge in [-0.1, -0.05) is 40.5 Å². The van der Waals surface area contributed by atoms with Crippen LogP contribution in [0.2, 0.25) is 0 Å². The lowest BCUT2D eigenvalue weighted by Crippen LogP contribution is -2.45. The van der Waals surface area contributed by atoms with Crippen molar-refractivity contribution < 1.29 is 9.53 Å². The van der Waals surface area contributed by atoms with Gasteiger partial charge in [0.05, 0.1) is 13.2 Å². The standard InChI is InChI=1S/C29H30BrN7O2/c30-25-7-3-2-6-23(25)24-18-20-19-31-29(32-21-8-10-22(11-9-21)36-14-16-39-17-15-36)34-27(20)33-26(24)28(38)35-37-12-4-1-5-13-37/h2-3,6-11,18-19H,1,4-5,12-17H2,(H,35,38)(H,31,32,33,34). The molecule has 10 heteroatoms. The molecule has 4 heterocycles. The highest BCUT2D eigenvalue weighted by Gasteiger charge is 2.22. The van der Waals surface area contributed by atoms with Crippen LogP contribution >= 0.6 is 15.9 Å². The number of fused-ring (bicyclic) bond motifs is 1. The molecule has 0 unspecified atom stereocenters. The Labute approximate surface area is 235 Å². The van der Waals surface area contributed by atoms with E-state index >= 15 is 0 Å². The number of piperidine rings is 1. The number of hydrazine groups is 1. The van der Waals surface area contributed by atoms with Crippen molar-refractivity contribution in [2.75, 3.05) is 49.6 Å². The first kappa shape index (κ1) is 25.7. The smallest absolute Gasteiger partial charge is 0.284 e. The number of ether oxygens (including phenoxy) is 1. The highest BCUT2D eigenvalue weighted by atomic mass is 79.9. The summed E-state index contributed by atoms with van der Waals surface area (Å²) in [4.78, 5) is 29.8. The molecule has 0 bridgehead atoms. The first-order valence-electron chi connectivity index (χ1n) is 13.3. The molecular formula is C29H30BrN7O2. The van der Waals surface area contributed by atoms with Crippen LogP contribution in [-0.2, 0) is 4.74 Å². The van der Waals surface area contributed by atoms with E-state index in [1.54, 1.807) is 6.20 Å². The van der Waals surface area contributed by atoms with Crippen molar-refractivity contribution >= 4 is 50.2 Å². The van der Waals surface area contributed by atoms with Gasteiger partial charge >= 0.3 is 0 Å². The Morgan fingerprint density at radius 2 is 1.67 bits per heavy atom. The van der Waals surface area contributed by atoms with Crippen LogP contribution in [0.3, 0.4) is 0 Å². The van der Waals surface area contributed by atoms with Gasteiger partial charge in [-0.3, -0.25) is 10.2 Å². The molecule has 0 atom stereocenters. The molecule has 2 aliphatic heterocycles. The Morgan fingerprint density at radius 1 is 0.897 bits per heavy atom. The highest BCUT2D eigenvalue weighted by molar-refractivity contribution is 9.10. The molecule has 2 aromatic carbocycles. The summed E-state index contributed by atoms with van der Waals surface area (Å²) in [5, 5.41) is 6.01. The molecule has 0 aliphatic carbocycles. The molecule has 1 amide bonds. The average Bonchev–Trinajstić information content (AvgIpc) is 2.98. The van der Waals surface area contributed by atoms with E-state index < -0.39 is 0 Å².